The number of hydrogen-bond donors (Lipinski definition) is 0. The molecule has 1 heterocycles. The summed E-state index contributed by atoms with van der Waals surface area (Å²) in [5, 5.41) is 11.0. The number of carbonyl (C=O) groups is 1. The van der Waals surface area contributed by atoms with Gasteiger partial charge in [-0.1, -0.05) is 30.3 Å². The number of tetrazole rings is 1. The van der Waals surface area contributed by atoms with Crippen LogP contribution in [0.1, 0.15) is 11.6 Å². The highest BCUT2D eigenvalue weighted by molar-refractivity contribution is 5.74. The molecule has 0 aliphatic carbocycles. The monoisotopic (exact) mass is 356 g/mol. The molecule has 0 spiro atoms. The molecule has 0 unspecified atom stereocenters. The van der Waals surface area contributed by atoms with E-state index in [4.69, 9.17) is 9.47 Å². The van der Waals surface area contributed by atoms with Crippen molar-refractivity contribution in [2.75, 3.05) is 13.2 Å². The zero-order valence-corrected chi connectivity index (χ0v) is 13.9. The molecule has 134 valence electrons. The molecule has 0 aliphatic heterocycles. The summed E-state index contributed by atoms with van der Waals surface area (Å²) in [6.07, 6.45) is 1.79. The highest BCUT2D eigenvalue weighted by atomic mass is 19.1. The minimum absolute atomic E-state index is 0.0592. The minimum atomic E-state index is -0.668. The topological polar surface area (TPSA) is 79.1 Å². The van der Waals surface area contributed by atoms with Crippen molar-refractivity contribution in [1.82, 2.24) is 20.2 Å². The van der Waals surface area contributed by atoms with Gasteiger partial charge >= 0.3 is 5.97 Å². The van der Waals surface area contributed by atoms with E-state index in [0.717, 1.165) is 5.56 Å². The number of benzene rings is 2. The van der Waals surface area contributed by atoms with Crippen LogP contribution in [0.2, 0.25) is 0 Å². The number of ether oxygens (including phenoxy) is 2. The number of carbonyl (C=O) groups excluding carboxylic acids is 1. The first kappa shape index (κ1) is 17.5. The molecule has 3 aromatic rings. The van der Waals surface area contributed by atoms with Crippen molar-refractivity contribution >= 4 is 5.97 Å². The van der Waals surface area contributed by atoms with E-state index in [1.807, 2.05) is 30.3 Å². The predicted molar refractivity (Wildman–Crippen MR) is 89.9 cm³/mol. The minimum Gasteiger partial charge on any atom is -0.490 e. The first-order valence-electron chi connectivity index (χ1n) is 8.04. The molecule has 2 aromatic carbocycles. The van der Waals surface area contributed by atoms with Crippen molar-refractivity contribution in [1.29, 1.82) is 0 Å². The van der Waals surface area contributed by atoms with Crippen LogP contribution in [0.15, 0.2) is 60.9 Å². The zero-order chi connectivity index (χ0) is 18.2. The quantitative estimate of drug-likeness (QED) is 0.455. The predicted octanol–water partition coefficient (Wildman–Crippen LogP) is 2.22. The number of esters is 1. The molecule has 0 fully saturated rings. The van der Waals surface area contributed by atoms with E-state index in [1.165, 1.54) is 35.3 Å². The van der Waals surface area contributed by atoms with Crippen molar-refractivity contribution in [3.05, 3.63) is 72.3 Å². The molecular formula is C18H17FN4O3. The Balaban J connectivity index is 1.54. The second kappa shape index (κ2) is 8.70. The van der Waals surface area contributed by atoms with E-state index in [1.54, 1.807) is 0 Å². The molecule has 3 rings (SSSR count). The summed E-state index contributed by atoms with van der Waals surface area (Å²) in [4.78, 5) is 12.5. The Morgan fingerprint density at radius 3 is 2.54 bits per heavy atom. The Kier molecular flexibility index (Phi) is 5.87. The Hall–Kier alpha value is -3.29. The summed E-state index contributed by atoms with van der Waals surface area (Å²) in [5.41, 5.74) is 0.965. The van der Waals surface area contributed by atoms with Gasteiger partial charge in [0.2, 0.25) is 0 Å². The fourth-order valence-corrected chi connectivity index (χ4v) is 2.36. The van der Waals surface area contributed by atoms with Gasteiger partial charge in [0.15, 0.2) is 6.04 Å². The van der Waals surface area contributed by atoms with Crippen LogP contribution in [-0.2, 0) is 16.0 Å². The van der Waals surface area contributed by atoms with Crippen LogP contribution in [0.4, 0.5) is 4.39 Å². The summed E-state index contributed by atoms with van der Waals surface area (Å²) < 4.78 is 24.9. The molecule has 0 N–H and O–H groups in total. The van der Waals surface area contributed by atoms with Gasteiger partial charge in [-0.05, 0) is 40.3 Å². The SMILES string of the molecule is O=C(OCCOc1ccc(F)cc1)[C@H](Cc1ccccc1)n1cnnn1. The molecule has 0 saturated heterocycles. The van der Waals surface area contributed by atoms with Crippen LogP contribution < -0.4 is 4.74 Å². The summed E-state index contributed by atoms with van der Waals surface area (Å²) in [7, 11) is 0. The maximum absolute atomic E-state index is 12.8. The molecule has 26 heavy (non-hydrogen) atoms. The third-order valence-corrected chi connectivity index (χ3v) is 3.64. The fraction of sp³-hybridized carbons (Fsp3) is 0.222. The number of rotatable bonds is 8. The van der Waals surface area contributed by atoms with E-state index in [2.05, 4.69) is 15.5 Å². The molecule has 7 nitrogen and oxygen atoms in total. The zero-order valence-electron chi connectivity index (χ0n) is 13.9. The largest absolute Gasteiger partial charge is 0.490 e. The summed E-state index contributed by atoms with van der Waals surface area (Å²) in [6.45, 7) is 0.217. The first-order valence-corrected chi connectivity index (χ1v) is 8.04. The lowest BCUT2D eigenvalue weighted by Crippen LogP contribution is -2.26. The molecule has 8 heteroatoms. The van der Waals surface area contributed by atoms with Crippen LogP contribution in [0.3, 0.4) is 0 Å². The normalized spacial score (nSPS) is 11.7. The Morgan fingerprint density at radius 1 is 1.08 bits per heavy atom. The lowest BCUT2D eigenvalue weighted by molar-refractivity contribution is -0.148. The molecule has 0 saturated carbocycles. The van der Waals surface area contributed by atoms with E-state index < -0.39 is 12.0 Å². The van der Waals surface area contributed by atoms with E-state index in [9.17, 15) is 9.18 Å². The van der Waals surface area contributed by atoms with Crippen LogP contribution in [-0.4, -0.2) is 39.4 Å². The van der Waals surface area contributed by atoms with Gasteiger partial charge in [-0.15, -0.1) is 5.10 Å². The van der Waals surface area contributed by atoms with Crippen molar-refractivity contribution in [2.24, 2.45) is 0 Å². The highest BCUT2D eigenvalue weighted by Crippen LogP contribution is 2.15. The Morgan fingerprint density at radius 2 is 1.85 bits per heavy atom. The summed E-state index contributed by atoms with van der Waals surface area (Å²) in [5.74, 6) is -0.290. The smallest absolute Gasteiger partial charge is 0.331 e. The number of hydrogen-bond acceptors (Lipinski definition) is 6. The second-order valence-corrected chi connectivity index (χ2v) is 5.47. The fourth-order valence-electron chi connectivity index (χ4n) is 2.36. The van der Waals surface area contributed by atoms with Gasteiger partial charge in [0.1, 0.15) is 31.1 Å². The number of aromatic nitrogens is 4. The lowest BCUT2D eigenvalue weighted by atomic mass is 10.1. The molecule has 1 atom stereocenters. The lowest BCUT2D eigenvalue weighted by Gasteiger charge is -2.15. The van der Waals surface area contributed by atoms with Gasteiger partial charge in [-0.25, -0.2) is 13.9 Å². The first-order chi connectivity index (χ1) is 12.7. The Labute approximate surface area is 149 Å². The van der Waals surface area contributed by atoms with Gasteiger partial charge in [0, 0.05) is 6.42 Å². The van der Waals surface area contributed by atoms with Gasteiger partial charge in [0.25, 0.3) is 0 Å². The van der Waals surface area contributed by atoms with Crippen molar-refractivity contribution in [3.8, 4) is 5.75 Å². The van der Waals surface area contributed by atoms with Crippen molar-refractivity contribution in [2.45, 2.75) is 12.5 Å². The van der Waals surface area contributed by atoms with E-state index >= 15 is 0 Å². The molecule has 0 amide bonds. The second-order valence-electron chi connectivity index (χ2n) is 5.47. The average molecular weight is 356 g/mol. The number of nitrogens with zero attached hydrogens (tertiary/aromatic N) is 4. The van der Waals surface area contributed by atoms with Gasteiger partial charge in [-0.2, -0.15) is 0 Å². The molecule has 0 bridgehead atoms. The standard InChI is InChI=1S/C18H17FN4O3/c19-15-6-8-16(9-7-15)25-10-11-26-18(24)17(23-13-20-21-22-23)12-14-4-2-1-3-5-14/h1-9,13,17H,10-12H2/t17-/m0/s1. The third kappa shape index (κ3) is 4.85. The number of halogens is 1. The third-order valence-electron chi connectivity index (χ3n) is 3.64. The molecule has 1 aromatic heterocycles. The van der Waals surface area contributed by atoms with Crippen LogP contribution in [0.5, 0.6) is 5.75 Å². The Bertz CT molecular complexity index is 810. The van der Waals surface area contributed by atoms with Crippen LogP contribution in [0, 0.1) is 5.82 Å². The van der Waals surface area contributed by atoms with Gasteiger partial charge in [-0.3, -0.25) is 0 Å². The van der Waals surface area contributed by atoms with Crippen molar-refractivity contribution in [3.63, 3.8) is 0 Å². The van der Waals surface area contributed by atoms with Crippen LogP contribution in [0.25, 0.3) is 0 Å². The van der Waals surface area contributed by atoms with Gasteiger partial charge in [0.05, 0.1) is 0 Å². The van der Waals surface area contributed by atoms with Gasteiger partial charge < -0.3 is 9.47 Å². The highest BCUT2D eigenvalue weighted by Gasteiger charge is 2.23. The van der Waals surface area contributed by atoms with Crippen molar-refractivity contribution < 1.29 is 18.7 Å². The molecule has 0 radical (unpaired) electrons. The van der Waals surface area contributed by atoms with E-state index in [-0.39, 0.29) is 19.0 Å². The maximum Gasteiger partial charge on any atom is 0.331 e. The molecule has 0 aliphatic rings. The molecular weight excluding hydrogens is 339 g/mol. The summed E-state index contributed by atoms with van der Waals surface area (Å²) in [6, 6.07) is 14.5. The summed E-state index contributed by atoms with van der Waals surface area (Å²) >= 11 is 0. The maximum atomic E-state index is 12.8. The van der Waals surface area contributed by atoms with Crippen LogP contribution >= 0.6 is 0 Å². The average Bonchev–Trinajstić information content (AvgIpc) is 3.20. The van der Waals surface area contributed by atoms with E-state index in [0.29, 0.717) is 12.2 Å².